The van der Waals surface area contributed by atoms with Gasteiger partial charge < -0.3 is 15.5 Å². The van der Waals surface area contributed by atoms with Gasteiger partial charge in [0.25, 0.3) is 11.8 Å². The van der Waals surface area contributed by atoms with Crippen molar-refractivity contribution in [2.45, 2.75) is 5.92 Å². The first kappa shape index (κ1) is 19.8. The highest BCUT2D eigenvalue weighted by Gasteiger charge is 2.27. The second-order valence-electron chi connectivity index (χ2n) is 3.79. The summed E-state index contributed by atoms with van der Waals surface area (Å²) in [5.74, 6) is -3.77. The van der Waals surface area contributed by atoms with E-state index in [1.165, 1.54) is 29.2 Å². The van der Waals surface area contributed by atoms with Crippen LogP contribution in [-0.4, -0.2) is 29.9 Å². The molecule has 21 heavy (non-hydrogen) atoms. The fourth-order valence-electron chi connectivity index (χ4n) is 1.27. The van der Waals surface area contributed by atoms with Gasteiger partial charge in [-0.25, -0.2) is 13.8 Å². The first-order valence-electron chi connectivity index (χ1n) is 5.36. The maximum absolute atomic E-state index is 12.9. The van der Waals surface area contributed by atoms with Gasteiger partial charge in [0, 0.05) is 10.9 Å². The maximum atomic E-state index is 12.9. The molecular weight excluding hydrogens is 347 g/mol. The van der Waals surface area contributed by atoms with E-state index in [0.29, 0.717) is 5.01 Å². The van der Waals surface area contributed by atoms with E-state index in [4.69, 9.17) is 10.2 Å². The quantitative estimate of drug-likeness (QED) is 0.859. The van der Waals surface area contributed by atoms with Gasteiger partial charge in [0.05, 0.1) is 19.4 Å². The van der Waals surface area contributed by atoms with Crippen molar-refractivity contribution >= 4 is 42.1 Å². The molecular formula is C11H13Cl2F2N3O2S. The second-order valence-corrected chi connectivity index (χ2v) is 4.65. The van der Waals surface area contributed by atoms with Crippen molar-refractivity contribution in [1.29, 1.82) is 0 Å². The summed E-state index contributed by atoms with van der Waals surface area (Å²) < 4.78 is 30.7. The lowest BCUT2D eigenvalue weighted by Gasteiger charge is -2.13. The van der Waals surface area contributed by atoms with Crippen LogP contribution in [0.5, 0.6) is 0 Å². The molecule has 0 saturated heterocycles. The minimum Gasteiger partial charge on any atom is -0.472 e. The first-order chi connectivity index (χ1) is 9.02. The summed E-state index contributed by atoms with van der Waals surface area (Å²) in [6.45, 7) is -1.62. The van der Waals surface area contributed by atoms with E-state index < -0.39 is 24.9 Å². The zero-order valence-electron chi connectivity index (χ0n) is 10.5. The van der Waals surface area contributed by atoms with E-state index in [0.717, 1.165) is 5.56 Å². The first-order valence-corrected chi connectivity index (χ1v) is 6.24. The van der Waals surface area contributed by atoms with Crippen LogP contribution >= 0.6 is 36.2 Å². The highest BCUT2D eigenvalue weighted by molar-refractivity contribution is 7.13. The number of alkyl halides is 2. The Balaban J connectivity index is 0.00000200. The number of nitrogens with one attached hydrogen (secondary N) is 1. The topological polar surface area (TPSA) is 81.1 Å². The summed E-state index contributed by atoms with van der Waals surface area (Å²) in [6, 6.07) is 1.70. The molecule has 1 amide bonds. The van der Waals surface area contributed by atoms with Crippen molar-refractivity contribution in [2.24, 2.45) is 5.73 Å². The number of rotatable bonds is 5. The van der Waals surface area contributed by atoms with Crippen molar-refractivity contribution < 1.29 is 18.0 Å². The molecule has 0 radical (unpaired) electrons. The molecule has 0 bridgehead atoms. The molecule has 5 nitrogen and oxygen atoms in total. The van der Waals surface area contributed by atoms with E-state index >= 15 is 0 Å². The predicted octanol–water partition coefficient (Wildman–Crippen LogP) is 2.57. The van der Waals surface area contributed by atoms with Gasteiger partial charge in [0.1, 0.15) is 17.0 Å². The van der Waals surface area contributed by atoms with Crippen molar-refractivity contribution in [2.75, 3.05) is 13.1 Å². The molecule has 118 valence electrons. The number of halogens is 4. The molecule has 0 unspecified atom stereocenters. The summed E-state index contributed by atoms with van der Waals surface area (Å²) in [6.07, 6.45) is 2.97. The normalized spacial score (nSPS) is 10.4. The van der Waals surface area contributed by atoms with Gasteiger partial charge in [-0.05, 0) is 6.07 Å². The van der Waals surface area contributed by atoms with Crippen molar-refractivity contribution in [3.63, 3.8) is 0 Å². The van der Waals surface area contributed by atoms with Crippen molar-refractivity contribution in [3.8, 4) is 10.6 Å². The lowest BCUT2D eigenvalue weighted by Crippen LogP contribution is -2.41. The number of nitrogens with zero attached hydrogens (tertiary/aromatic N) is 1. The average Bonchev–Trinajstić information content (AvgIpc) is 3.05. The molecule has 2 aromatic rings. The predicted molar refractivity (Wildman–Crippen MR) is 80.6 cm³/mol. The molecule has 2 heterocycles. The van der Waals surface area contributed by atoms with E-state index in [1.54, 1.807) is 6.07 Å². The van der Waals surface area contributed by atoms with Crippen LogP contribution in [0.2, 0.25) is 0 Å². The maximum Gasteiger partial charge on any atom is 0.277 e. The molecule has 3 N–H and O–H groups in total. The van der Waals surface area contributed by atoms with Crippen LogP contribution in [0.4, 0.5) is 8.78 Å². The Morgan fingerprint density at radius 2 is 2.19 bits per heavy atom. The molecule has 0 saturated carbocycles. The third-order valence-electron chi connectivity index (χ3n) is 2.31. The fraction of sp³-hybridized carbons (Fsp3) is 0.273. The Labute approximate surface area is 135 Å². The van der Waals surface area contributed by atoms with Crippen LogP contribution in [0, 0.1) is 0 Å². The Hall–Kier alpha value is -1.22. The largest absolute Gasteiger partial charge is 0.472 e. The standard InChI is InChI=1S/C11H11F2N3O2S.2ClH/c12-11(13,5-14)6-15-9(17)8-4-19-10(16-8)7-1-2-18-3-7;;/h1-4H,5-6,14H2,(H,15,17);2*1H. The molecule has 10 heteroatoms. The van der Waals surface area contributed by atoms with Crippen LogP contribution in [0.1, 0.15) is 10.5 Å². The molecule has 2 aromatic heterocycles. The van der Waals surface area contributed by atoms with Gasteiger partial charge in [0.2, 0.25) is 0 Å². The van der Waals surface area contributed by atoms with Crippen molar-refractivity contribution in [1.82, 2.24) is 10.3 Å². The number of aromatic nitrogens is 1. The van der Waals surface area contributed by atoms with Crippen LogP contribution in [-0.2, 0) is 0 Å². The lowest BCUT2D eigenvalue weighted by atomic mass is 10.3. The van der Waals surface area contributed by atoms with Crippen LogP contribution < -0.4 is 11.1 Å². The highest BCUT2D eigenvalue weighted by Crippen LogP contribution is 2.23. The summed E-state index contributed by atoms with van der Waals surface area (Å²) >= 11 is 1.23. The number of carbonyl (C=O) groups excluding carboxylic acids is 1. The lowest BCUT2D eigenvalue weighted by molar-refractivity contribution is 0.0118. The molecule has 0 aliphatic carbocycles. The highest BCUT2D eigenvalue weighted by atomic mass is 35.5. The third kappa shape index (κ3) is 5.24. The minimum atomic E-state index is -3.11. The van der Waals surface area contributed by atoms with E-state index in [1.807, 2.05) is 0 Å². The van der Waals surface area contributed by atoms with Gasteiger partial charge >= 0.3 is 0 Å². The Morgan fingerprint density at radius 3 is 2.76 bits per heavy atom. The number of nitrogens with two attached hydrogens (primary N) is 1. The zero-order chi connectivity index (χ0) is 13.9. The van der Waals surface area contributed by atoms with Gasteiger partial charge in [-0.15, -0.1) is 36.2 Å². The minimum absolute atomic E-state index is 0. The van der Waals surface area contributed by atoms with E-state index in [9.17, 15) is 13.6 Å². The van der Waals surface area contributed by atoms with Crippen LogP contribution in [0.25, 0.3) is 10.6 Å². The Bertz CT molecular complexity index is 564. The summed E-state index contributed by atoms with van der Waals surface area (Å²) in [5, 5.41) is 4.19. The number of furan rings is 1. The molecule has 0 aliphatic rings. The smallest absolute Gasteiger partial charge is 0.277 e. The molecule has 2 rings (SSSR count). The number of thiazole rings is 1. The van der Waals surface area contributed by atoms with Crippen LogP contribution in [0.15, 0.2) is 28.4 Å². The number of carbonyl (C=O) groups is 1. The summed E-state index contributed by atoms with van der Waals surface area (Å²) in [5.41, 5.74) is 5.70. The Kier molecular flexibility index (Phi) is 7.80. The van der Waals surface area contributed by atoms with E-state index in [2.05, 4.69) is 10.3 Å². The van der Waals surface area contributed by atoms with Crippen LogP contribution in [0.3, 0.4) is 0 Å². The molecule has 0 aliphatic heterocycles. The monoisotopic (exact) mass is 359 g/mol. The third-order valence-corrected chi connectivity index (χ3v) is 3.20. The number of amides is 1. The van der Waals surface area contributed by atoms with Gasteiger partial charge in [-0.2, -0.15) is 0 Å². The molecule has 0 atom stereocenters. The number of hydrogen-bond acceptors (Lipinski definition) is 5. The zero-order valence-corrected chi connectivity index (χ0v) is 13.0. The summed E-state index contributed by atoms with van der Waals surface area (Å²) in [4.78, 5) is 15.7. The van der Waals surface area contributed by atoms with Gasteiger partial charge in [-0.1, -0.05) is 0 Å². The fourth-order valence-corrected chi connectivity index (χ4v) is 2.06. The molecule has 0 fully saturated rings. The molecule has 0 spiro atoms. The van der Waals surface area contributed by atoms with E-state index in [-0.39, 0.29) is 30.5 Å². The average molecular weight is 360 g/mol. The molecule has 0 aromatic carbocycles. The van der Waals surface area contributed by atoms with Gasteiger partial charge in [0.15, 0.2) is 0 Å². The van der Waals surface area contributed by atoms with Crippen molar-refractivity contribution in [3.05, 3.63) is 29.7 Å². The SMILES string of the molecule is Cl.Cl.NCC(F)(F)CNC(=O)c1csc(-c2ccoc2)n1. The number of hydrogen-bond donors (Lipinski definition) is 2. The van der Waals surface area contributed by atoms with Gasteiger partial charge in [-0.3, -0.25) is 4.79 Å². The summed E-state index contributed by atoms with van der Waals surface area (Å²) in [7, 11) is 0. The second kappa shape index (κ2) is 8.28. The Morgan fingerprint density at radius 1 is 1.48 bits per heavy atom.